The van der Waals surface area contributed by atoms with Crippen molar-refractivity contribution in [3.8, 4) is 0 Å². The number of carboxylic acid groups (broad SMARTS) is 2. The lowest BCUT2D eigenvalue weighted by atomic mass is 10.3. The number of carboxylic acids is 2. The van der Waals surface area contributed by atoms with E-state index in [2.05, 4.69) is 0 Å². The third kappa shape index (κ3) is 86.9. The molecule has 0 amide bonds. The Morgan fingerprint density at radius 1 is 0.361 bits per heavy atom. The van der Waals surface area contributed by atoms with E-state index in [9.17, 15) is 47.9 Å². The molecule has 0 aromatic carbocycles. The molecular weight excluding hydrogens is 480 g/mol. The molecule has 0 bridgehead atoms. The summed E-state index contributed by atoms with van der Waals surface area (Å²) in [4.78, 5) is 95.8. The number of aliphatic carboxylic acids is 2. The molecule has 0 rings (SSSR count). The summed E-state index contributed by atoms with van der Waals surface area (Å²) in [7, 11) is 0. The molecule has 0 radical (unpaired) electrons. The molecule has 0 spiro atoms. The zero-order chi connectivity index (χ0) is 28.7. The first-order chi connectivity index (χ1) is 17.3. The van der Waals surface area contributed by atoms with Crippen LogP contribution >= 0.6 is 0 Å². The van der Waals surface area contributed by atoms with E-state index in [0.29, 0.717) is 77.0 Å². The molecule has 0 heterocycles. The predicted molar refractivity (Wildman–Crippen MR) is 128 cm³/mol. The van der Waals surface area contributed by atoms with Gasteiger partial charge < -0.3 is 48.6 Å². The van der Waals surface area contributed by atoms with Crippen LogP contribution in [0.5, 0.6) is 0 Å². The van der Waals surface area contributed by atoms with Crippen LogP contribution < -0.4 is 0 Å². The van der Waals surface area contributed by atoms with Crippen molar-refractivity contribution in [2.45, 2.75) is 89.9 Å². The van der Waals surface area contributed by atoms with Crippen molar-refractivity contribution in [3.05, 3.63) is 0 Å². The molecule has 36 heavy (non-hydrogen) atoms. The summed E-state index contributed by atoms with van der Waals surface area (Å²) in [6.45, 7) is 0. The number of carbonyl (C=O) groups is 10. The molecule has 2 N–H and O–H groups in total. The van der Waals surface area contributed by atoms with Crippen LogP contribution in [0.1, 0.15) is 89.9 Å². The van der Waals surface area contributed by atoms with E-state index >= 15 is 0 Å². The molecule has 12 nitrogen and oxygen atoms in total. The Balaban J connectivity index is -0.000000111. The van der Waals surface area contributed by atoms with E-state index in [0.717, 1.165) is 50.3 Å². The Hall–Kier alpha value is -3.70. The molecule has 0 saturated carbocycles. The van der Waals surface area contributed by atoms with Gasteiger partial charge in [0, 0.05) is 51.4 Å². The molecule has 0 saturated heterocycles. The van der Waals surface area contributed by atoms with Crippen LogP contribution in [0.15, 0.2) is 0 Å². The number of aldehydes is 8. The molecule has 0 aliphatic rings. The standard InChI is InChI=1S/4C5H8O2.C4H6O4/c4*6-4-2-1-3-5-7;5-3(6)1-2-4(7)8/h4*4-5H,1-3H2;1-2H2,(H,5,6)(H,7,8). The van der Waals surface area contributed by atoms with Gasteiger partial charge in [-0.05, 0) is 25.7 Å². The molecule has 206 valence electrons. The van der Waals surface area contributed by atoms with Gasteiger partial charge in [0.25, 0.3) is 0 Å². The lowest BCUT2D eigenvalue weighted by molar-refractivity contribution is -0.143. The fraction of sp³-hybridized carbons (Fsp3) is 0.583. The molecule has 0 aliphatic carbocycles. The first-order valence-corrected chi connectivity index (χ1v) is 11.2. The van der Waals surface area contributed by atoms with Gasteiger partial charge >= 0.3 is 11.9 Å². The van der Waals surface area contributed by atoms with Gasteiger partial charge in [0.05, 0.1) is 12.8 Å². The maximum Gasteiger partial charge on any atom is 0.303 e. The van der Waals surface area contributed by atoms with Crippen molar-refractivity contribution in [1.29, 1.82) is 0 Å². The topological polar surface area (TPSA) is 211 Å². The minimum absolute atomic E-state index is 0.296. The van der Waals surface area contributed by atoms with E-state index in [1.807, 2.05) is 0 Å². The average Bonchev–Trinajstić information content (AvgIpc) is 2.86. The van der Waals surface area contributed by atoms with Gasteiger partial charge in [-0.25, -0.2) is 0 Å². The Morgan fingerprint density at radius 3 is 0.583 bits per heavy atom. The number of hydrogen-bond donors (Lipinski definition) is 2. The van der Waals surface area contributed by atoms with E-state index < -0.39 is 11.9 Å². The van der Waals surface area contributed by atoms with E-state index in [4.69, 9.17) is 10.2 Å². The zero-order valence-electron chi connectivity index (χ0n) is 20.5. The first-order valence-electron chi connectivity index (χ1n) is 11.2. The lowest BCUT2D eigenvalue weighted by Crippen LogP contribution is -2.00. The summed E-state index contributed by atoms with van der Waals surface area (Å²) in [6, 6.07) is 0. The predicted octanol–water partition coefficient (Wildman–Crippen LogP) is 2.15. The summed E-state index contributed by atoms with van der Waals surface area (Å²) in [5.41, 5.74) is 0. The summed E-state index contributed by atoms with van der Waals surface area (Å²) in [5.74, 6) is -2.15. The summed E-state index contributed by atoms with van der Waals surface area (Å²) in [5, 5.41) is 15.8. The van der Waals surface area contributed by atoms with Gasteiger partial charge in [0.1, 0.15) is 50.3 Å². The summed E-state index contributed by atoms with van der Waals surface area (Å²) >= 11 is 0. The highest BCUT2D eigenvalue weighted by molar-refractivity contribution is 5.75. The summed E-state index contributed by atoms with van der Waals surface area (Å²) < 4.78 is 0. The maximum atomic E-state index is 9.64. The second kappa shape index (κ2) is 48.7. The highest BCUT2D eigenvalue weighted by Crippen LogP contribution is 1.87. The van der Waals surface area contributed by atoms with Crippen LogP contribution in [0.25, 0.3) is 0 Å². The number of carbonyl (C=O) groups excluding carboxylic acids is 8. The minimum Gasteiger partial charge on any atom is -0.481 e. The monoisotopic (exact) mass is 518 g/mol. The van der Waals surface area contributed by atoms with Crippen LogP contribution in [0.2, 0.25) is 0 Å². The van der Waals surface area contributed by atoms with Crippen molar-refractivity contribution >= 4 is 62.2 Å². The zero-order valence-corrected chi connectivity index (χ0v) is 20.5. The highest BCUT2D eigenvalue weighted by atomic mass is 16.4. The van der Waals surface area contributed by atoms with Crippen molar-refractivity contribution in [1.82, 2.24) is 0 Å². The molecule has 0 aromatic heterocycles. The molecule has 0 aliphatic heterocycles. The molecule has 0 aromatic rings. The third-order valence-electron chi connectivity index (χ3n) is 3.13. The second-order valence-corrected chi connectivity index (χ2v) is 6.34. The lowest BCUT2D eigenvalue weighted by Gasteiger charge is -1.85. The molecule has 0 fully saturated rings. The number of rotatable bonds is 19. The Kier molecular flexibility index (Phi) is 57.4. The normalized spacial score (nSPS) is 8.11. The first kappa shape index (κ1) is 42.5. The smallest absolute Gasteiger partial charge is 0.303 e. The van der Waals surface area contributed by atoms with Gasteiger partial charge in [-0.2, -0.15) is 0 Å². The van der Waals surface area contributed by atoms with Crippen LogP contribution in [0.3, 0.4) is 0 Å². The van der Waals surface area contributed by atoms with Gasteiger partial charge in [-0.3, -0.25) is 9.59 Å². The van der Waals surface area contributed by atoms with Crippen molar-refractivity contribution in [2.24, 2.45) is 0 Å². The Bertz CT molecular complexity index is 455. The van der Waals surface area contributed by atoms with E-state index in [-0.39, 0.29) is 12.8 Å². The van der Waals surface area contributed by atoms with Gasteiger partial charge in [0.2, 0.25) is 0 Å². The van der Waals surface area contributed by atoms with Crippen LogP contribution in [-0.2, 0) is 47.9 Å². The van der Waals surface area contributed by atoms with Crippen LogP contribution in [0.4, 0.5) is 0 Å². The van der Waals surface area contributed by atoms with Crippen molar-refractivity contribution in [3.63, 3.8) is 0 Å². The summed E-state index contributed by atoms with van der Waals surface area (Å²) in [6.07, 6.45) is 12.9. The average molecular weight is 519 g/mol. The van der Waals surface area contributed by atoms with Gasteiger partial charge in [-0.15, -0.1) is 0 Å². The fourth-order valence-corrected chi connectivity index (χ4v) is 1.35. The van der Waals surface area contributed by atoms with Crippen LogP contribution in [0, 0.1) is 0 Å². The number of unbranched alkanes of at least 4 members (excludes halogenated alkanes) is 8. The highest BCUT2D eigenvalue weighted by Gasteiger charge is 2.00. The molecule has 12 heteroatoms. The van der Waals surface area contributed by atoms with Crippen LogP contribution in [-0.4, -0.2) is 72.4 Å². The van der Waals surface area contributed by atoms with Gasteiger partial charge in [0.15, 0.2) is 0 Å². The van der Waals surface area contributed by atoms with Crippen molar-refractivity contribution < 1.29 is 58.2 Å². The van der Waals surface area contributed by atoms with Crippen molar-refractivity contribution in [2.75, 3.05) is 0 Å². The molecular formula is C24H38O12. The Labute approximate surface area is 210 Å². The fourth-order valence-electron chi connectivity index (χ4n) is 1.35. The SMILES string of the molecule is O=C(O)CCC(=O)O.O=CCCCC=O.O=CCCCC=O.O=CCCCC=O.O=CCCCC=O. The quantitative estimate of drug-likeness (QED) is 0.186. The largest absolute Gasteiger partial charge is 0.481 e. The molecule has 0 atom stereocenters. The number of hydrogen-bond acceptors (Lipinski definition) is 10. The Morgan fingerprint density at radius 2 is 0.500 bits per heavy atom. The molecule has 0 unspecified atom stereocenters. The second-order valence-electron chi connectivity index (χ2n) is 6.34. The van der Waals surface area contributed by atoms with E-state index in [1.54, 1.807) is 0 Å². The maximum absolute atomic E-state index is 9.64. The van der Waals surface area contributed by atoms with E-state index in [1.165, 1.54) is 0 Å². The minimum atomic E-state index is -1.08. The third-order valence-corrected chi connectivity index (χ3v) is 3.13. The van der Waals surface area contributed by atoms with Gasteiger partial charge in [-0.1, -0.05) is 0 Å².